The zero-order chi connectivity index (χ0) is 29.4. The third kappa shape index (κ3) is 9.00. The number of benzene rings is 3. The van der Waals surface area contributed by atoms with Crippen LogP contribution < -0.4 is 9.62 Å². The first-order chi connectivity index (χ1) is 19.6. The van der Waals surface area contributed by atoms with Crippen molar-refractivity contribution in [3.05, 3.63) is 99.4 Å². The molecule has 0 aromatic heterocycles. The first-order valence-electron chi connectivity index (χ1n) is 13.7. The van der Waals surface area contributed by atoms with E-state index in [4.69, 9.17) is 0 Å². The predicted octanol–water partition coefficient (Wildman–Crippen LogP) is 5.29. The highest BCUT2D eigenvalue weighted by Crippen LogP contribution is 2.23. The van der Waals surface area contributed by atoms with Crippen molar-refractivity contribution in [1.82, 2.24) is 10.2 Å². The Bertz CT molecular complexity index is 1410. The van der Waals surface area contributed by atoms with Gasteiger partial charge in [0.15, 0.2) is 0 Å². The van der Waals surface area contributed by atoms with Gasteiger partial charge in [-0.05, 0) is 83.0 Å². The molecule has 0 heterocycles. The number of halogens is 2. The molecule has 3 aromatic rings. The average Bonchev–Trinajstić information content (AvgIpc) is 2.95. The van der Waals surface area contributed by atoms with Crippen molar-refractivity contribution in [3.8, 4) is 0 Å². The lowest BCUT2D eigenvalue weighted by atomic mass is 9.94. The van der Waals surface area contributed by atoms with E-state index < -0.39 is 34.3 Å². The maximum Gasteiger partial charge on any atom is 0.244 e. The van der Waals surface area contributed by atoms with Crippen molar-refractivity contribution in [3.63, 3.8) is 0 Å². The number of amides is 2. The Morgan fingerprint density at radius 3 is 2.17 bits per heavy atom. The van der Waals surface area contributed by atoms with Gasteiger partial charge in [0.05, 0.1) is 11.9 Å². The summed E-state index contributed by atoms with van der Waals surface area (Å²) in [7, 11) is -3.83. The number of nitrogens with one attached hydrogen (secondary N) is 1. The van der Waals surface area contributed by atoms with Crippen LogP contribution in [0.25, 0.3) is 0 Å². The van der Waals surface area contributed by atoms with Crippen molar-refractivity contribution < 1.29 is 22.4 Å². The number of hydrogen-bond donors (Lipinski definition) is 1. The fraction of sp³-hybridized carbons (Fsp3) is 0.355. The van der Waals surface area contributed by atoms with Gasteiger partial charge in [0.25, 0.3) is 0 Å². The van der Waals surface area contributed by atoms with Gasteiger partial charge < -0.3 is 10.2 Å². The molecule has 1 fully saturated rings. The number of rotatable bonds is 11. The van der Waals surface area contributed by atoms with Gasteiger partial charge in [-0.3, -0.25) is 13.9 Å². The topological polar surface area (TPSA) is 86.8 Å². The summed E-state index contributed by atoms with van der Waals surface area (Å²) in [6.45, 7) is -0.471. The zero-order valence-corrected chi connectivity index (χ0v) is 26.0. The Hall–Kier alpha value is -2.99. The molecule has 1 aliphatic rings. The third-order valence-electron chi connectivity index (χ3n) is 7.28. The maximum absolute atomic E-state index is 14.1. The molecule has 3 aromatic carbocycles. The molecule has 0 saturated heterocycles. The molecule has 4 rings (SSSR count). The minimum atomic E-state index is -3.83. The van der Waals surface area contributed by atoms with Crippen LogP contribution in [0, 0.1) is 9.39 Å². The fourth-order valence-electron chi connectivity index (χ4n) is 5.11. The largest absolute Gasteiger partial charge is 0.352 e. The Morgan fingerprint density at radius 2 is 1.56 bits per heavy atom. The van der Waals surface area contributed by atoms with E-state index in [0.717, 1.165) is 51.8 Å². The van der Waals surface area contributed by atoms with Crippen LogP contribution in [-0.2, 0) is 32.6 Å². The lowest BCUT2D eigenvalue weighted by Crippen LogP contribution is -2.55. The monoisotopic (exact) mass is 691 g/mol. The van der Waals surface area contributed by atoms with Gasteiger partial charge >= 0.3 is 0 Å². The normalized spacial score (nSPS) is 14.7. The Balaban J connectivity index is 1.71. The molecule has 41 heavy (non-hydrogen) atoms. The molecular formula is C31H35FIN3O4S. The number of nitrogens with zero attached hydrogens (tertiary/aromatic N) is 2. The van der Waals surface area contributed by atoms with Gasteiger partial charge in [0.2, 0.25) is 21.8 Å². The first-order valence-corrected chi connectivity index (χ1v) is 16.6. The molecule has 0 bridgehead atoms. The van der Waals surface area contributed by atoms with Gasteiger partial charge in [-0.15, -0.1) is 0 Å². The van der Waals surface area contributed by atoms with E-state index in [0.29, 0.717) is 11.3 Å². The molecule has 1 atom stereocenters. The summed E-state index contributed by atoms with van der Waals surface area (Å²) < 4.78 is 41.4. The number of anilines is 1. The molecule has 10 heteroatoms. The maximum atomic E-state index is 14.1. The van der Waals surface area contributed by atoms with E-state index >= 15 is 0 Å². The van der Waals surface area contributed by atoms with Crippen LogP contribution in [0.3, 0.4) is 0 Å². The number of sulfonamides is 1. The third-order valence-corrected chi connectivity index (χ3v) is 9.14. The zero-order valence-electron chi connectivity index (χ0n) is 23.0. The van der Waals surface area contributed by atoms with E-state index in [1.54, 1.807) is 36.4 Å². The van der Waals surface area contributed by atoms with Crippen LogP contribution >= 0.6 is 22.6 Å². The quantitative estimate of drug-likeness (QED) is 0.277. The molecule has 0 aliphatic heterocycles. The van der Waals surface area contributed by atoms with Gasteiger partial charge in [0.1, 0.15) is 18.4 Å². The average molecular weight is 692 g/mol. The Kier molecular flexibility index (Phi) is 10.8. The van der Waals surface area contributed by atoms with Gasteiger partial charge in [-0.25, -0.2) is 12.8 Å². The van der Waals surface area contributed by atoms with E-state index in [1.165, 1.54) is 17.0 Å². The molecule has 218 valence electrons. The minimum Gasteiger partial charge on any atom is -0.352 e. The van der Waals surface area contributed by atoms with Gasteiger partial charge in [-0.1, -0.05) is 61.7 Å². The summed E-state index contributed by atoms with van der Waals surface area (Å²) in [6, 6.07) is 21.1. The molecule has 0 spiro atoms. The second-order valence-corrected chi connectivity index (χ2v) is 13.6. The Labute approximate surface area is 255 Å². The van der Waals surface area contributed by atoms with E-state index in [2.05, 4.69) is 27.9 Å². The summed E-state index contributed by atoms with van der Waals surface area (Å²) in [5.74, 6) is -1.22. The van der Waals surface area contributed by atoms with Gasteiger partial charge in [-0.2, -0.15) is 0 Å². The summed E-state index contributed by atoms with van der Waals surface area (Å²) >= 11 is 2.13. The van der Waals surface area contributed by atoms with Crippen LogP contribution in [0.5, 0.6) is 0 Å². The summed E-state index contributed by atoms with van der Waals surface area (Å²) in [5, 5.41) is 3.17. The molecule has 0 unspecified atom stereocenters. The highest BCUT2D eigenvalue weighted by atomic mass is 127. The fourth-order valence-corrected chi connectivity index (χ4v) is 6.32. The molecule has 1 saturated carbocycles. The molecule has 0 radical (unpaired) electrons. The predicted molar refractivity (Wildman–Crippen MR) is 167 cm³/mol. The van der Waals surface area contributed by atoms with E-state index in [9.17, 15) is 22.4 Å². The van der Waals surface area contributed by atoms with Crippen molar-refractivity contribution in [1.29, 1.82) is 0 Å². The summed E-state index contributed by atoms with van der Waals surface area (Å²) in [4.78, 5) is 29.4. The van der Waals surface area contributed by atoms with Crippen molar-refractivity contribution in [2.24, 2.45) is 0 Å². The van der Waals surface area contributed by atoms with Crippen LogP contribution in [0.4, 0.5) is 10.1 Å². The second-order valence-electron chi connectivity index (χ2n) is 10.4. The Morgan fingerprint density at radius 1 is 0.927 bits per heavy atom. The number of carbonyl (C=O) groups excluding carboxylic acids is 2. The van der Waals surface area contributed by atoms with Crippen LogP contribution in [0.1, 0.15) is 43.2 Å². The SMILES string of the molecule is CS(=O)(=O)N(CC(=O)N(Cc1ccc(F)cc1)[C@@H](Cc1ccccc1)C(=O)NC1CCCCC1)c1ccc(I)cc1. The number of carbonyl (C=O) groups is 2. The molecular weight excluding hydrogens is 656 g/mol. The van der Waals surface area contributed by atoms with Crippen LogP contribution in [0.15, 0.2) is 78.9 Å². The first kappa shape index (κ1) is 31.0. The van der Waals surface area contributed by atoms with Crippen molar-refractivity contribution in [2.75, 3.05) is 17.1 Å². The van der Waals surface area contributed by atoms with Crippen LogP contribution in [-0.4, -0.2) is 50.0 Å². The smallest absolute Gasteiger partial charge is 0.244 e. The highest BCUT2D eigenvalue weighted by Gasteiger charge is 2.34. The van der Waals surface area contributed by atoms with Crippen molar-refractivity contribution >= 4 is 50.1 Å². The summed E-state index contributed by atoms with van der Waals surface area (Å²) in [5.41, 5.74) is 1.85. The lowest BCUT2D eigenvalue weighted by molar-refractivity contribution is -0.140. The molecule has 1 N–H and O–H groups in total. The lowest BCUT2D eigenvalue weighted by Gasteiger charge is -2.35. The van der Waals surface area contributed by atoms with E-state index in [1.807, 2.05) is 30.3 Å². The van der Waals surface area contributed by atoms with E-state index in [-0.39, 0.29) is 24.9 Å². The minimum absolute atomic E-state index is 0.0129. The number of hydrogen-bond acceptors (Lipinski definition) is 4. The van der Waals surface area contributed by atoms with Gasteiger partial charge in [0, 0.05) is 22.6 Å². The standard InChI is InChI=1S/C31H35FIN3O4S/c1-41(39,40)36(28-18-16-26(33)17-19-28)22-30(37)35(21-24-12-14-25(32)15-13-24)29(20-23-8-4-2-5-9-23)31(38)34-27-10-6-3-7-11-27/h2,4-5,8-9,12-19,27,29H,3,6-7,10-11,20-22H2,1H3,(H,34,38)/t29-/m0/s1. The molecule has 7 nitrogen and oxygen atoms in total. The molecule has 2 amide bonds. The second kappa shape index (κ2) is 14.3. The highest BCUT2D eigenvalue weighted by molar-refractivity contribution is 14.1. The molecule has 1 aliphatic carbocycles. The summed E-state index contributed by atoms with van der Waals surface area (Å²) in [6.07, 6.45) is 6.26. The van der Waals surface area contributed by atoms with Crippen molar-refractivity contribution in [2.45, 2.75) is 57.2 Å². The van der Waals surface area contributed by atoms with Crippen LogP contribution in [0.2, 0.25) is 0 Å².